The van der Waals surface area contributed by atoms with Crippen molar-refractivity contribution < 1.29 is 0 Å². The summed E-state index contributed by atoms with van der Waals surface area (Å²) in [5, 5.41) is 4.65. The topological polar surface area (TPSA) is 38.4 Å². The van der Waals surface area contributed by atoms with E-state index in [1.165, 1.54) is 5.56 Å². The van der Waals surface area contributed by atoms with Gasteiger partial charge in [0.1, 0.15) is 8.07 Å². The number of rotatable bonds is 1. The maximum absolute atomic E-state index is 5.37. The zero-order valence-corrected chi connectivity index (χ0v) is 11.3. The molecule has 0 aliphatic heterocycles. The molecule has 0 atom stereocenters. The van der Waals surface area contributed by atoms with Gasteiger partial charge in [0.25, 0.3) is 0 Å². The van der Waals surface area contributed by atoms with Gasteiger partial charge < -0.3 is 5.84 Å². The SMILES string of the molecule is Cc1ccc(C#C/C(=N\N)[Si](C)(C)C)cc1. The Morgan fingerprint density at radius 2 is 1.75 bits per heavy atom. The number of benzene rings is 1. The van der Waals surface area contributed by atoms with Crippen LogP contribution in [0.25, 0.3) is 0 Å². The second kappa shape index (κ2) is 5.00. The number of hydrazone groups is 1. The van der Waals surface area contributed by atoms with E-state index in [2.05, 4.69) is 55.6 Å². The molecule has 0 bridgehead atoms. The first-order valence-corrected chi connectivity index (χ1v) is 8.80. The molecular formula is C13H18N2Si. The van der Waals surface area contributed by atoms with Gasteiger partial charge in [0.05, 0.1) is 5.33 Å². The van der Waals surface area contributed by atoms with Gasteiger partial charge >= 0.3 is 0 Å². The van der Waals surface area contributed by atoms with Gasteiger partial charge in [-0.15, -0.1) is 0 Å². The van der Waals surface area contributed by atoms with Crippen molar-refractivity contribution in [1.82, 2.24) is 0 Å². The Hall–Kier alpha value is -1.53. The Bertz CT molecular complexity index is 442. The second-order valence-electron chi connectivity index (χ2n) is 4.84. The number of nitrogens with two attached hydrogens (primary N) is 1. The lowest BCUT2D eigenvalue weighted by atomic mass is 10.2. The van der Waals surface area contributed by atoms with Crippen molar-refractivity contribution >= 4 is 13.4 Å². The van der Waals surface area contributed by atoms with Crippen LogP contribution in [-0.4, -0.2) is 13.4 Å². The van der Waals surface area contributed by atoms with Crippen molar-refractivity contribution in [2.24, 2.45) is 10.9 Å². The van der Waals surface area contributed by atoms with Crippen LogP contribution in [0, 0.1) is 18.8 Å². The fourth-order valence-electron chi connectivity index (χ4n) is 1.18. The van der Waals surface area contributed by atoms with Gasteiger partial charge in [-0.2, -0.15) is 5.10 Å². The standard InChI is InChI=1S/C13H18N2Si/c1-11-5-7-12(8-6-11)9-10-13(15-14)16(2,3)4/h5-8H,14H2,1-4H3/b15-13+. The summed E-state index contributed by atoms with van der Waals surface area (Å²) in [5.74, 6) is 11.6. The quantitative estimate of drug-likeness (QED) is 0.260. The van der Waals surface area contributed by atoms with E-state index in [4.69, 9.17) is 5.84 Å². The highest BCUT2D eigenvalue weighted by Crippen LogP contribution is 2.04. The predicted octanol–water partition coefficient (Wildman–Crippen LogP) is 2.54. The fraction of sp³-hybridized carbons (Fsp3) is 0.308. The molecule has 16 heavy (non-hydrogen) atoms. The first kappa shape index (κ1) is 12.5. The van der Waals surface area contributed by atoms with Crippen LogP contribution in [-0.2, 0) is 0 Å². The minimum absolute atomic E-state index is 0.855. The van der Waals surface area contributed by atoms with Gasteiger partial charge in [-0.1, -0.05) is 43.3 Å². The number of aryl methyl sites for hydroxylation is 1. The summed E-state index contributed by atoms with van der Waals surface area (Å²) in [6.45, 7) is 8.61. The molecule has 0 unspecified atom stereocenters. The van der Waals surface area contributed by atoms with E-state index < -0.39 is 8.07 Å². The maximum atomic E-state index is 5.37. The third kappa shape index (κ3) is 3.56. The van der Waals surface area contributed by atoms with E-state index in [1.807, 2.05) is 12.1 Å². The minimum Gasteiger partial charge on any atom is -0.323 e. The van der Waals surface area contributed by atoms with Crippen LogP contribution in [0.1, 0.15) is 11.1 Å². The summed E-state index contributed by atoms with van der Waals surface area (Å²) in [6.07, 6.45) is 0. The van der Waals surface area contributed by atoms with E-state index in [1.54, 1.807) is 0 Å². The monoisotopic (exact) mass is 230 g/mol. The molecule has 84 valence electrons. The molecule has 2 N–H and O–H groups in total. The molecule has 0 amide bonds. The van der Waals surface area contributed by atoms with Crippen LogP contribution >= 0.6 is 0 Å². The number of hydrogen-bond acceptors (Lipinski definition) is 2. The van der Waals surface area contributed by atoms with Crippen molar-refractivity contribution in [3.05, 3.63) is 35.4 Å². The lowest BCUT2D eigenvalue weighted by Gasteiger charge is -2.12. The Kier molecular flexibility index (Phi) is 3.91. The maximum Gasteiger partial charge on any atom is 0.115 e. The second-order valence-corrected chi connectivity index (χ2v) is 9.82. The predicted molar refractivity (Wildman–Crippen MR) is 73.0 cm³/mol. The molecule has 1 rings (SSSR count). The van der Waals surface area contributed by atoms with Gasteiger partial charge in [-0.05, 0) is 25.0 Å². The normalized spacial score (nSPS) is 11.9. The van der Waals surface area contributed by atoms with Crippen LogP contribution in [0.5, 0.6) is 0 Å². The Balaban J connectivity index is 2.93. The van der Waals surface area contributed by atoms with Crippen LogP contribution < -0.4 is 5.84 Å². The van der Waals surface area contributed by atoms with Gasteiger partial charge in [-0.25, -0.2) is 0 Å². The summed E-state index contributed by atoms with van der Waals surface area (Å²) in [5.41, 5.74) is 2.24. The molecule has 2 nitrogen and oxygen atoms in total. The van der Waals surface area contributed by atoms with E-state index in [-0.39, 0.29) is 0 Å². The van der Waals surface area contributed by atoms with Crippen LogP contribution in [0.2, 0.25) is 19.6 Å². The highest BCUT2D eigenvalue weighted by molar-refractivity contribution is 7.06. The molecule has 0 heterocycles. The Labute approximate surface area is 98.6 Å². The molecule has 0 radical (unpaired) electrons. The summed E-state index contributed by atoms with van der Waals surface area (Å²) in [7, 11) is -1.50. The minimum atomic E-state index is -1.50. The van der Waals surface area contributed by atoms with Crippen molar-refractivity contribution in [3.63, 3.8) is 0 Å². The molecule has 0 spiro atoms. The summed E-state index contributed by atoms with van der Waals surface area (Å²) in [6, 6.07) is 8.14. The average molecular weight is 230 g/mol. The Morgan fingerprint density at radius 1 is 1.19 bits per heavy atom. The first-order chi connectivity index (χ1) is 7.43. The molecule has 0 aliphatic carbocycles. The van der Waals surface area contributed by atoms with E-state index in [0.717, 1.165) is 10.9 Å². The van der Waals surface area contributed by atoms with Crippen molar-refractivity contribution in [2.75, 3.05) is 0 Å². The summed E-state index contributed by atoms with van der Waals surface area (Å²) in [4.78, 5) is 0. The molecule has 3 heteroatoms. The lowest BCUT2D eigenvalue weighted by Crippen LogP contribution is -2.33. The zero-order valence-electron chi connectivity index (χ0n) is 10.3. The number of nitrogens with zero attached hydrogens (tertiary/aromatic N) is 1. The molecule has 0 aromatic heterocycles. The Morgan fingerprint density at radius 3 is 2.19 bits per heavy atom. The smallest absolute Gasteiger partial charge is 0.115 e. The fourth-order valence-corrected chi connectivity index (χ4v) is 2.01. The van der Waals surface area contributed by atoms with Crippen LogP contribution in [0.4, 0.5) is 0 Å². The van der Waals surface area contributed by atoms with Crippen molar-refractivity contribution in [2.45, 2.75) is 26.6 Å². The molecular weight excluding hydrogens is 212 g/mol. The molecule has 0 fully saturated rings. The van der Waals surface area contributed by atoms with Gasteiger partial charge in [0.2, 0.25) is 0 Å². The van der Waals surface area contributed by atoms with E-state index >= 15 is 0 Å². The van der Waals surface area contributed by atoms with Gasteiger partial charge in [0, 0.05) is 5.56 Å². The van der Waals surface area contributed by atoms with Crippen molar-refractivity contribution in [3.8, 4) is 11.8 Å². The summed E-state index contributed by atoms with van der Waals surface area (Å²) < 4.78 is 0. The third-order valence-electron chi connectivity index (χ3n) is 2.22. The molecule has 0 aliphatic rings. The molecule has 0 saturated carbocycles. The average Bonchev–Trinajstić information content (AvgIpc) is 2.19. The molecule has 1 aromatic rings. The van der Waals surface area contributed by atoms with Crippen molar-refractivity contribution in [1.29, 1.82) is 0 Å². The van der Waals surface area contributed by atoms with Crippen LogP contribution in [0.15, 0.2) is 29.4 Å². The summed E-state index contributed by atoms with van der Waals surface area (Å²) >= 11 is 0. The number of hydrogen-bond donors (Lipinski definition) is 1. The highest BCUT2D eigenvalue weighted by atomic mass is 28.3. The highest BCUT2D eigenvalue weighted by Gasteiger charge is 2.19. The zero-order chi connectivity index (χ0) is 12.2. The molecule has 1 aromatic carbocycles. The largest absolute Gasteiger partial charge is 0.323 e. The first-order valence-electron chi connectivity index (χ1n) is 5.30. The van der Waals surface area contributed by atoms with Crippen LogP contribution in [0.3, 0.4) is 0 Å². The molecule has 0 saturated heterocycles. The van der Waals surface area contributed by atoms with Gasteiger partial charge in [0.15, 0.2) is 0 Å². The van der Waals surface area contributed by atoms with E-state index in [9.17, 15) is 0 Å². The van der Waals surface area contributed by atoms with E-state index in [0.29, 0.717) is 0 Å². The van der Waals surface area contributed by atoms with Gasteiger partial charge in [-0.3, -0.25) is 0 Å². The lowest BCUT2D eigenvalue weighted by molar-refractivity contribution is 1.26. The third-order valence-corrected chi connectivity index (χ3v) is 3.89.